The first kappa shape index (κ1) is 25.2. The number of hydrazine groups is 1. The number of hydrogen-bond acceptors (Lipinski definition) is 6. The Morgan fingerprint density at radius 3 is 2.76 bits per heavy atom. The molecule has 0 radical (unpaired) electrons. The largest absolute Gasteiger partial charge is 0.506 e. The molecule has 1 aliphatic rings. The number of phenols is 1. The third-order valence-corrected chi connectivity index (χ3v) is 5.74. The first-order valence-corrected chi connectivity index (χ1v) is 11.7. The van der Waals surface area contributed by atoms with Gasteiger partial charge in [0.05, 0.1) is 7.11 Å². The number of ketones is 1. The van der Waals surface area contributed by atoms with Gasteiger partial charge in [0.25, 0.3) is 5.91 Å². The van der Waals surface area contributed by atoms with Gasteiger partial charge in [-0.25, -0.2) is 15.4 Å². The normalized spacial score (nSPS) is 15.7. The van der Waals surface area contributed by atoms with E-state index in [2.05, 4.69) is 10.4 Å². The Labute approximate surface area is 201 Å². The Balaban J connectivity index is 1.69. The summed E-state index contributed by atoms with van der Waals surface area (Å²) in [4.78, 5) is 30.4. The van der Waals surface area contributed by atoms with Crippen LogP contribution in [-0.2, 0) is 16.0 Å². The van der Waals surface area contributed by atoms with Gasteiger partial charge in [0.2, 0.25) is 5.88 Å². The van der Waals surface area contributed by atoms with Gasteiger partial charge in [0.1, 0.15) is 11.4 Å². The van der Waals surface area contributed by atoms with Crippen LogP contribution in [0.2, 0.25) is 0 Å². The van der Waals surface area contributed by atoms with E-state index in [1.165, 1.54) is 5.01 Å². The molecule has 2 heterocycles. The molecule has 0 saturated carbocycles. The summed E-state index contributed by atoms with van der Waals surface area (Å²) in [6.45, 7) is 4.30. The monoisotopic (exact) mass is 463 g/mol. The highest BCUT2D eigenvalue weighted by Crippen LogP contribution is 2.31. The lowest BCUT2D eigenvalue weighted by atomic mass is 9.93. The Morgan fingerprint density at radius 2 is 2.03 bits per heavy atom. The van der Waals surface area contributed by atoms with Crippen LogP contribution in [-0.4, -0.2) is 35.4 Å². The van der Waals surface area contributed by atoms with Crippen LogP contribution in [0.1, 0.15) is 51.5 Å². The maximum absolute atomic E-state index is 13.5. The van der Waals surface area contributed by atoms with Crippen molar-refractivity contribution in [2.24, 2.45) is 0 Å². The molecule has 1 aromatic heterocycles. The number of pyridine rings is 1. The fourth-order valence-electron chi connectivity index (χ4n) is 4.06. The van der Waals surface area contributed by atoms with E-state index >= 15 is 0 Å². The number of nitrogens with one attached hydrogen (secondary N) is 1. The second-order valence-corrected chi connectivity index (χ2v) is 8.57. The van der Waals surface area contributed by atoms with Crippen LogP contribution < -0.4 is 15.2 Å². The van der Waals surface area contributed by atoms with Crippen molar-refractivity contribution in [3.63, 3.8) is 0 Å². The molecular weight excluding hydrogens is 430 g/mol. The van der Waals surface area contributed by atoms with Crippen molar-refractivity contribution in [3.8, 4) is 11.6 Å². The van der Waals surface area contributed by atoms with Gasteiger partial charge < -0.3 is 9.84 Å². The number of para-hydroxylation sites is 2. The Kier molecular flexibility index (Phi) is 8.99. The number of nitrogens with zero attached hydrogens (tertiary/aromatic N) is 2. The minimum atomic E-state index is -0.271. The van der Waals surface area contributed by atoms with Crippen LogP contribution in [0, 0.1) is 0 Å². The smallest absolute Gasteiger partial charge is 0.272 e. The van der Waals surface area contributed by atoms with Crippen molar-refractivity contribution >= 4 is 17.4 Å². The first-order chi connectivity index (χ1) is 16.4. The summed E-state index contributed by atoms with van der Waals surface area (Å²) in [5.74, 6) is 0.364. The molecule has 0 aliphatic carbocycles. The fourth-order valence-corrected chi connectivity index (χ4v) is 4.06. The zero-order valence-corrected chi connectivity index (χ0v) is 20.1. The number of methoxy groups -OCH3 is 1. The van der Waals surface area contributed by atoms with Gasteiger partial charge in [0.15, 0.2) is 5.78 Å². The van der Waals surface area contributed by atoms with Gasteiger partial charge in [-0.2, -0.15) is 0 Å². The lowest BCUT2D eigenvalue weighted by Crippen LogP contribution is -2.46. The van der Waals surface area contributed by atoms with E-state index < -0.39 is 0 Å². The molecule has 1 amide bonds. The topological polar surface area (TPSA) is 91.8 Å². The van der Waals surface area contributed by atoms with Crippen molar-refractivity contribution < 1.29 is 19.4 Å². The van der Waals surface area contributed by atoms with Crippen molar-refractivity contribution in [2.45, 2.75) is 52.4 Å². The molecule has 0 spiro atoms. The second-order valence-electron chi connectivity index (χ2n) is 8.57. The maximum atomic E-state index is 13.5. The van der Waals surface area contributed by atoms with E-state index in [1.54, 1.807) is 43.6 Å². The van der Waals surface area contributed by atoms with E-state index in [9.17, 15) is 14.7 Å². The summed E-state index contributed by atoms with van der Waals surface area (Å²) in [7, 11) is 1.59. The molecule has 2 N–H and O–H groups in total. The molecule has 1 saturated heterocycles. The van der Waals surface area contributed by atoms with Crippen LogP contribution in [0.4, 0.5) is 5.69 Å². The number of rotatable bonds is 8. The van der Waals surface area contributed by atoms with Gasteiger partial charge in [0, 0.05) is 30.8 Å². The minimum Gasteiger partial charge on any atom is -0.506 e. The zero-order valence-electron chi connectivity index (χ0n) is 20.1. The summed E-state index contributed by atoms with van der Waals surface area (Å²) in [5.41, 5.74) is 6.76. The van der Waals surface area contributed by atoms with Gasteiger partial charge in [-0.3, -0.25) is 9.59 Å². The van der Waals surface area contributed by atoms with Crippen LogP contribution in [0.15, 0.2) is 65.4 Å². The minimum absolute atomic E-state index is 0.0189. The predicted molar refractivity (Wildman–Crippen MR) is 133 cm³/mol. The Morgan fingerprint density at radius 1 is 1.24 bits per heavy atom. The lowest BCUT2D eigenvalue weighted by molar-refractivity contribution is -0.115. The number of amides is 1. The fraction of sp³-hybridized carbons (Fsp3) is 0.370. The van der Waals surface area contributed by atoms with Crippen molar-refractivity contribution in [1.29, 1.82) is 0 Å². The van der Waals surface area contributed by atoms with Crippen LogP contribution >= 0.6 is 0 Å². The summed E-state index contributed by atoms with van der Waals surface area (Å²) in [6, 6.07) is 10.6. The molecule has 7 nitrogen and oxygen atoms in total. The molecule has 0 unspecified atom stereocenters. The number of unbranched alkanes of at least 4 members (excludes halogenated alkanes) is 1. The number of benzene rings is 1. The molecule has 1 fully saturated rings. The Hall–Kier alpha value is -3.45. The third kappa shape index (κ3) is 6.54. The highest BCUT2D eigenvalue weighted by Gasteiger charge is 2.27. The molecule has 0 atom stereocenters. The van der Waals surface area contributed by atoms with Crippen LogP contribution in [0.25, 0.3) is 0 Å². The molecule has 1 aromatic carbocycles. The summed E-state index contributed by atoms with van der Waals surface area (Å²) >= 11 is 0. The summed E-state index contributed by atoms with van der Waals surface area (Å²) in [6.07, 6.45) is 7.68. The summed E-state index contributed by atoms with van der Waals surface area (Å²) < 4.78 is 5.16. The third-order valence-electron chi connectivity index (χ3n) is 5.74. The van der Waals surface area contributed by atoms with E-state index in [4.69, 9.17) is 4.74 Å². The quantitative estimate of drug-likeness (QED) is 0.437. The predicted octanol–water partition coefficient (Wildman–Crippen LogP) is 4.67. The number of aromatic nitrogens is 1. The molecule has 3 rings (SSSR count). The van der Waals surface area contributed by atoms with E-state index in [-0.39, 0.29) is 17.4 Å². The Bertz CT molecular complexity index is 1090. The molecule has 0 bridgehead atoms. The van der Waals surface area contributed by atoms with Gasteiger partial charge in [-0.15, -0.1) is 0 Å². The number of phenolic OH excluding ortho intramolecular Hbond substituents is 1. The highest BCUT2D eigenvalue weighted by molar-refractivity contribution is 6.10. The molecule has 180 valence electrons. The number of ether oxygens (including phenoxy) is 1. The SMILES string of the molecule is COc1cc(CCCCC(=O)C=C2CCCNN(c3ccccc3O)C(=O)C2=C(C)C)ccn1. The average molecular weight is 464 g/mol. The number of anilines is 1. The van der Waals surface area contributed by atoms with Crippen LogP contribution in [0.5, 0.6) is 11.6 Å². The number of carbonyl (C=O) groups is 2. The molecule has 1 aliphatic heterocycles. The van der Waals surface area contributed by atoms with Gasteiger partial charge >= 0.3 is 0 Å². The summed E-state index contributed by atoms with van der Waals surface area (Å²) in [5, 5.41) is 11.7. The number of hydrogen-bond donors (Lipinski definition) is 2. The van der Waals surface area contributed by atoms with Gasteiger partial charge in [-0.1, -0.05) is 17.7 Å². The number of aryl methyl sites for hydroxylation is 1. The van der Waals surface area contributed by atoms with Crippen molar-refractivity contribution in [3.05, 3.63) is 71.0 Å². The zero-order chi connectivity index (χ0) is 24.5. The van der Waals surface area contributed by atoms with Crippen LogP contribution in [0.3, 0.4) is 0 Å². The number of carbonyl (C=O) groups excluding carboxylic acids is 2. The second kappa shape index (κ2) is 12.1. The average Bonchev–Trinajstić information content (AvgIpc) is 2.81. The van der Waals surface area contributed by atoms with E-state index in [0.29, 0.717) is 36.5 Å². The van der Waals surface area contributed by atoms with Gasteiger partial charge in [-0.05, 0) is 81.4 Å². The lowest BCUT2D eigenvalue weighted by Gasteiger charge is -2.29. The molecule has 2 aromatic rings. The van der Waals surface area contributed by atoms with Crippen molar-refractivity contribution in [1.82, 2.24) is 10.4 Å². The maximum Gasteiger partial charge on any atom is 0.272 e. The first-order valence-electron chi connectivity index (χ1n) is 11.7. The van der Waals surface area contributed by atoms with E-state index in [1.807, 2.05) is 26.0 Å². The number of aromatic hydroxyl groups is 1. The number of allylic oxidation sites excluding steroid dienone is 2. The highest BCUT2D eigenvalue weighted by atomic mass is 16.5. The molecule has 34 heavy (non-hydrogen) atoms. The molecular formula is C27H33N3O4. The van der Waals surface area contributed by atoms with Crippen molar-refractivity contribution in [2.75, 3.05) is 18.7 Å². The molecule has 7 heteroatoms. The standard InChI is InChI=1S/C27H33N3O4/c1-19(2)26-21(10-8-15-29-30(27(26)33)23-12-6-7-13-24(23)32)18-22(31)11-5-4-9-20-14-16-28-25(17-20)34-3/h6-7,12-14,16-18,29,32H,4-5,8-11,15H2,1-3H3. The van der Waals surface area contributed by atoms with E-state index in [0.717, 1.165) is 42.4 Å².